The molecule has 3 aromatic rings. The summed E-state index contributed by atoms with van der Waals surface area (Å²) in [5.41, 5.74) is 3.95. The summed E-state index contributed by atoms with van der Waals surface area (Å²) in [4.78, 5) is 23.8. The number of thiocarbonyl (C=S) groups is 1. The zero-order chi connectivity index (χ0) is 21.3. The van der Waals surface area contributed by atoms with Gasteiger partial charge < -0.3 is 15.5 Å². The molecule has 0 bridgehead atoms. The van der Waals surface area contributed by atoms with Gasteiger partial charge in [0.1, 0.15) is 0 Å². The van der Waals surface area contributed by atoms with Crippen molar-refractivity contribution in [3.63, 3.8) is 0 Å². The Morgan fingerprint density at radius 3 is 2.70 bits per heavy atom. The Kier molecular flexibility index (Phi) is 5.80. The molecule has 0 saturated heterocycles. The molecule has 0 saturated carbocycles. The first kappa shape index (κ1) is 20.5. The Labute approximate surface area is 188 Å². The van der Waals surface area contributed by atoms with Gasteiger partial charge in [0.2, 0.25) is 6.17 Å². The number of rotatable bonds is 3. The third kappa shape index (κ3) is 4.21. The van der Waals surface area contributed by atoms with Crippen molar-refractivity contribution in [2.24, 2.45) is 4.99 Å². The SMILES string of the molecule is Cc1csc(NC(=S)NC2N=C(c3ccccc3)c3cc(Cl)ccc3N(C)C2=O)n1. The van der Waals surface area contributed by atoms with Crippen LogP contribution in [-0.2, 0) is 4.79 Å². The van der Waals surface area contributed by atoms with Crippen molar-refractivity contribution >= 4 is 62.7 Å². The Morgan fingerprint density at radius 2 is 2.00 bits per heavy atom. The van der Waals surface area contributed by atoms with E-state index in [-0.39, 0.29) is 11.0 Å². The topological polar surface area (TPSA) is 69.6 Å². The number of halogens is 1. The molecular weight excluding hydrogens is 438 g/mol. The fourth-order valence-corrected chi connectivity index (χ4v) is 4.27. The van der Waals surface area contributed by atoms with Crippen LogP contribution in [0.15, 0.2) is 58.9 Å². The van der Waals surface area contributed by atoms with Crippen LogP contribution in [0, 0.1) is 6.92 Å². The Bertz CT molecular complexity index is 1150. The number of aryl methyl sites for hydroxylation is 1. The first-order chi connectivity index (χ1) is 14.4. The number of hydrogen-bond acceptors (Lipinski definition) is 5. The van der Waals surface area contributed by atoms with Crippen molar-refractivity contribution in [3.05, 3.63) is 75.8 Å². The van der Waals surface area contributed by atoms with E-state index in [0.717, 1.165) is 22.5 Å². The van der Waals surface area contributed by atoms with Crippen LogP contribution in [0.1, 0.15) is 16.8 Å². The predicted molar refractivity (Wildman–Crippen MR) is 127 cm³/mol. The number of nitrogens with one attached hydrogen (secondary N) is 2. The Balaban J connectivity index is 1.73. The average molecular weight is 456 g/mol. The largest absolute Gasteiger partial charge is 0.333 e. The molecule has 1 unspecified atom stereocenters. The van der Waals surface area contributed by atoms with E-state index in [2.05, 4.69) is 15.6 Å². The molecule has 4 rings (SSSR count). The van der Waals surface area contributed by atoms with Crippen molar-refractivity contribution in [2.45, 2.75) is 13.1 Å². The second-order valence-corrected chi connectivity index (χ2v) is 8.40. The number of anilines is 2. The van der Waals surface area contributed by atoms with Crippen LogP contribution in [0.25, 0.3) is 0 Å². The molecule has 1 amide bonds. The number of amides is 1. The minimum absolute atomic E-state index is 0.232. The number of aliphatic imine (C=N–C) groups is 1. The number of likely N-dealkylation sites (N-methyl/N-ethyl adjacent to an activating group) is 1. The summed E-state index contributed by atoms with van der Waals surface area (Å²) < 4.78 is 0. The van der Waals surface area contributed by atoms with Crippen molar-refractivity contribution in [3.8, 4) is 0 Å². The van der Waals surface area contributed by atoms with E-state index in [1.807, 2.05) is 54.8 Å². The molecule has 152 valence electrons. The van der Waals surface area contributed by atoms with Gasteiger partial charge in [-0.05, 0) is 37.3 Å². The van der Waals surface area contributed by atoms with Crippen molar-refractivity contribution in [2.75, 3.05) is 17.3 Å². The van der Waals surface area contributed by atoms with Gasteiger partial charge in [0.15, 0.2) is 10.2 Å². The first-order valence-electron chi connectivity index (χ1n) is 9.13. The lowest BCUT2D eigenvalue weighted by Gasteiger charge is -2.21. The van der Waals surface area contributed by atoms with Crippen LogP contribution in [0.2, 0.25) is 5.02 Å². The molecule has 1 aliphatic rings. The van der Waals surface area contributed by atoms with E-state index in [1.54, 1.807) is 18.0 Å². The van der Waals surface area contributed by atoms with Gasteiger partial charge in [-0.15, -0.1) is 11.3 Å². The number of carbonyl (C=O) groups excluding carboxylic acids is 1. The molecular formula is C21H18ClN5OS2. The quantitative estimate of drug-likeness (QED) is 0.578. The van der Waals surface area contributed by atoms with E-state index >= 15 is 0 Å². The highest BCUT2D eigenvalue weighted by molar-refractivity contribution is 7.80. The van der Waals surface area contributed by atoms with Gasteiger partial charge in [0.25, 0.3) is 5.91 Å². The number of carbonyl (C=O) groups is 1. The smallest absolute Gasteiger partial charge is 0.272 e. The third-order valence-electron chi connectivity index (χ3n) is 4.55. The molecule has 2 heterocycles. The van der Waals surface area contributed by atoms with E-state index in [1.165, 1.54) is 11.3 Å². The lowest BCUT2D eigenvalue weighted by molar-refractivity contribution is -0.119. The molecule has 30 heavy (non-hydrogen) atoms. The average Bonchev–Trinajstić information content (AvgIpc) is 3.11. The highest BCUT2D eigenvalue weighted by atomic mass is 35.5. The number of thiazole rings is 1. The van der Waals surface area contributed by atoms with Crippen molar-refractivity contribution in [1.29, 1.82) is 0 Å². The standard InChI is InChI=1S/C21H18ClN5OS2/c1-12-11-30-21(23-12)26-20(29)25-18-19(28)27(2)16-9-8-14(22)10-15(16)17(24-18)13-6-4-3-5-7-13/h3-11,18H,1-2H3,(H2,23,25,26,29). The maximum absolute atomic E-state index is 13.2. The maximum atomic E-state index is 13.2. The number of hydrogen-bond donors (Lipinski definition) is 2. The molecule has 0 spiro atoms. The Morgan fingerprint density at radius 1 is 1.23 bits per heavy atom. The monoisotopic (exact) mass is 455 g/mol. The van der Waals surface area contributed by atoms with Crippen molar-refractivity contribution < 1.29 is 4.79 Å². The van der Waals surface area contributed by atoms with Gasteiger partial charge in [-0.1, -0.05) is 41.9 Å². The first-order valence-corrected chi connectivity index (χ1v) is 10.8. The van der Waals surface area contributed by atoms with Crippen LogP contribution in [-0.4, -0.2) is 34.9 Å². The zero-order valence-electron chi connectivity index (χ0n) is 16.2. The van der Waals surface area contributed by atoms with Gasteiger partial charge in [-0.3, -0.25) is 4.79 Å². The lowest BCUT2D eigenvalue weighted by Crippen LogP contribution is -2.47. The summed E-state index contributed by atoms with van der Waals surface area (Å²) in [6, 6.07) is 15.1. The summed E-state index contributed by atoms with van der Waals surface area (Å²) in [5, 5.41) is 9.46. The summed E-state index contributed by atoms with van der Waals surface area (Å²) in [5.74, 6) is -0.232. The molecule has 0 radical (unpaired) electrons. The third-order valence-corrected chi connectivity index (χ3v) is 5.88. The molecule has 1 aromatic heterocycles. The summed E-state index contributed by atoms with van der Waals surface area (Å²) in [6.07, 6.45) is -0.905. The fourth-order valence-electron chi connectivity index (χ4n) is 3.14. The van der Waals surface area contributed by atoms with Crippen molar-refractivity contribution in [1.82, 2.24) is 10.3 Å². The molecule has 0 fully saturated rings. The number of fused-ring (bicyclic) bond motifs is 1. The predicted octanol–water partition coefficient (Wildman–Crippen LogP) is 4.23. The number of nitrogens with zero attached hydrogens (tertiary/aromatic N) is 3. The zero-order valence-corrected chi connectivity index (χ0v) is 18.6. The van der Waals surface area contributed by atoms with Crippen LogP contribution in [0.5, 0.6) is 0 Å². The van der Waals surface area contributed by atoms with E-state index < -0.39 is 6.17 Å². The minimum atomic E-state index is -0.905. The normalized spacial score (nSPS) is 15.8. The number of benzene rings is 2. The molecule has 1 aliphatic heterocycles. The second-order valence-electron chi connectivity index (χ2n) is 6.70. The van der Waals surface area contributed by atoms with Crippen LogP contribution in [0.3, 0.4) is 0 Å². The summed E-state index contributed by atoms with van der Waals surface area (Å²) in [6.45, 7) is 1.90. The van der Waals surface area contributed by atoms with Crippen LogP contribution < -0.4 is 15.5 Å². The molecule has 1 atom stereocenters. The molecule has 2 N–H and O–H groups in total. The van der Waals surface area contributed by atoms with E-state index in [9.17, 15) is 4.79 Å². The number of aromatic nitrogens is 1. The highest BCUT2D eigenvalue weighted by Crippen LogP contribution is 2.30. The van der Waals surface area contributed by atoms with E-state index in [0.29, 0.717) is 15.9 Å². The molecule has 2 aromatic carbocycles. The van der Waals surface area contributed by atoms with Gasteiger partial charge in [0.05, 0.1) is 17.1 Å². The Hall–Kier alpha value is -2.81. The van der Waals surface area contributed by atoms with Gasteiger partial charge >= 0.3 is 0 Å². The van der Waals surface area contributed by atoms with E-state index in [4.69, 9.17) is 28.8 Å². The molecule has 0 aliphatic carbocycles. The lowest BCUT2D eigenvalue weighted by atomic mass is 10.0. The van der Waals surface area contributed by atoms with Gasteiger partial charge in [0, 0.05) is 28.6 Å². The summed E-state index contributed by atoms with van der Waals surface area (Å²) >= 11 is 13.1. The maximum Gasteiger partial charge on any atom is 0.272 e. The van der Waals surface area contributed by atoms with Crippen LogP contribution in [0.4, 0.5) is 10.8 Å². The highest BCUT2D eigenvalue weighted by Gasteiger charge is 2.30. The van der Waals surface area contributed by atoms with Gasteiger partial charge in [-0.25, -0.2) is 9.98 Å². The number of benzodiazepines with no additional fused rings is 1. The van der Waals surface area contributed by atoms with Crippen LogP contribution >= 0.6 is 35.2 Å². The summed E-state index contributed by atoms with van der Waals surface area (Å²) in [7, 11) is 1.72. The molecule has 9 heteroatoms. The fraction of sp³-hybridized carbons (Fsp3) is 0.143. The minimum Gasteiger partial charge on any atom is -0.333 e. The molecule has 6 nitrogen and oxygen atoms in total. The second kappa shape index (κ2) is 8.51. The van der Waals surface area contributed by atoms with Gasteiger partial charge in [-0.2, -0.15) is 0 Å².